The number of allylic oxidation sites excluding steroid dienone is 1. The third-order valence-corrected chi connectivity index (χ3v) is 10.7. The number of hydrogen-bond acceptors (Lipinski definition) is 6. The van der Waals surface area contributed by atoms with Gasteiger partial charge in [0.15, 0.2) is 0 Å². The topological polar surface area (TPSA) is 78.9 Å². The summed E-state index contributed by atoms with van der Waals surface area (Å²) in [6.45, 7) is 15.5. The fraction of sp³-hybridized carbons (Fsp3) is 0.828. The number of carbonyl (C=O) groups excluding carboxylic acids is 3. The monoisotopic (exact) mass is 488 g/mol. The molecule has 0 unspecified atom stereocenters. The molecule has 0 aromatic rings. The molecule has 4 fully saturated rings. The number of hydrogen-bond donors (Lipinski definition) is 0. The predicted molar refractivity (Wildman–Crippen MR) is 132 cm³/mol. The highest BCUT2D eigenvalue weighted by molar-refractivity contribution is 5.67. The van der Waals surface area contributed by atoms with Gasteiger partial charge in [-0.25, -0.2) is 0 Å². The van der Waals surface area contributed by atoms with Gasteiger partial charge in [-0.3, -0.25) is 14.4 Å². The summed E-state index contributed by atoms with van der Waals surface area (Å²) in [5.41, 5.74) is -0.156. The van der Waals surface area contributed by atoms with E-state index in [0.717, 1.165) is 44.9 Å². The number of fused-ring (bicyclic) bond motifs is 5. The van der Waals surface area contributed by atoms with E-state index in [0.29, 0.717) is 17.8 Å². The predicted octanol–water partition coefficient (Wildman–Crippen LogP) is 5.48. The molecule has 0 aliphatic heterocycles. The highest BCUT2D eigenvalue weighted by Crippen LogP contribution is 2.69. The van der Waals surface area contributed by atoms with Crippen LogP contribution in [0.3, 0.4) is 0 Å². The van der Waals surface area contributed by atoms with E-state index in [1.165, 1.54) is 20.8 Å². The van der Waals surface area contributed by atoms with Crippen molar-refractivity contribution in [1.29, 1.82) is 0 Å². The smallest absolute Gasteiger partial charge is 0.302 e. The van der Waals surface area contributed by atoms with Gasteiger partial charge in [0.25, 0.3) is 0 Å². The fourth-order valence-electron chi connectivity index (χ4n) is 9.21. The van der Waals surface area contributed by atoms with Gasteiger partial charge in [0, 0.05) is 32.1 Å². The molecule has 0 bridgehead atoms. The van der Waals surface area contributed by atoms with Crippen LogP contribution in [0.2, 0.25) is 0 Å². The molecule has 196 valence electrons. The van der Waals surface area contributed by atoms with Crippen molar-refractivity contribution in [2.75, 3.05) is 0 Å². The summed E-state index contributed by atoms with van der Waals surface area (Å²) in [5.74, 6) is 1.12. The molecule has 0 aromatic carbocycles. The Morgan fingerprint density at radius 2 is 1.54 bits per heavy atom. The Kier molecular flexibility index (Phi) is 7.16. The first-order valence-corrected chi connectivity index (χ1v) is 13.6. The summed E-state index contributed by atoms with van der Waals surface area (Å²) in [6, 6.07) is 0. The van der Waals surface area contributed by atoms with E-state index in [9.17, 15) is 14.4 Å². The zero-order valence-electron chi connectivity index (χ0n) is 22.4. The Morgan fingerprint density at radius 1 is 0.886 bits per heavy atom. The lowest BCUT2D eigenvalue weighted by molar-refractivity contribution is -0.223. The lowest BCUT2D eigenvalue weighted by Gasteiger charge is -2.64. The molecule has 0 spiro atoms. The van der Waals surface area contributed by atoms with E-state index in [2.05, 4.69) is 27.4 Å². The molecule has 6 nitrogen and oxygen atoms in total. The molecule has 0 saturated heterocycles. The van der Waals surface area contributed by atoms with Gasteiger partial charge in [0.1, 0.15) is 18.3 Å². The third-order valence-electron chi connectivity index (χ3n) is 10.7. The maximum atomic E-state index is 12.3. The molecular weight excluding hydrogens is 444 g/mol. The summed E-state index contributed by atoms with van der Waals surface area (Å²) in [4.78, 5) is 36.2. The Labute approximate surface area is 210 Å². The highest BCUT2D eigenvalue weighted by atomic mass is 16.6. The first kappa shape index (κ1) is 26.2. The molecule has 4 saturated carbocycles. The SMILES string of the molecule is C=C[C@H](C)[C@H]1CC[C@H]2[C@@H]3[C@H](OC(C)=O)C[C@@H]4C[C@H](OC(C)=O)CC[C@]4(C)[C@H]3C[C@H](OC(C)=O)[C@]12C. The summed E-state index contributed by atoms with van der Waals surface area (Å²) in [7, 11) is 0. The van der Waals surface area contributed by atoms with Crippen LogP contribution in [0, 0.1) is 46.3 Å². The molecule has 4 rings (SSSR count). The normalized spacial score (nSPS) is 45.2. The van der Waals surface area contributed by atoms with Gasteiger partial charge in [-0.05, 0) is 80.0 Å². The second-order valence-corrected chi connectivity index (χ2v) is 12.4. The molecule has 0 heterocycles. The number of rotatable bonds is 5. The summed E-state index contributed by atoms with van der Waals surface area (Å²) < 4.78 is 17.9. The second kappa shape index (κ2) is 9.55. The Hall–Kier alpha value is -1.85. The van der Waals surface area contributed by atoms with Gasteiger partial charge in [-0.15, -0.1) is 6.58 Å². The summed E-state index contributed by atoms with van der Waals surface area (Å²) in [6.07, 6.45) is 7.96. The summed E-state index contributed by atoms with van der Waals surface area (Å²) in [5, 5.41) is 0. The van der Waals surface area contributed by atoms with Crippen LogP contribution in [0.1, 0.15) is 86.5 Å². The standard InChI is InChI=1S/C29H44O6/c1-8-16(2)22-9-10-23-27-24(15-26(29(22,23)7)35-19(5)32)28(6)12-11-21(33-17(3)30)13-20(28)14-25(27)34-18(4)31/h8,16,20-27H,1,9-15H2,2-7H3/t16-,20-,21+,22+,23-,24-,25+,26-,27-,28-,29+/m0/s1. The van der Waals surface area contributed by atoms with Crippen molar-refractivity contribution < 1.29 is 28.6 Å². The van der Waals surface area contributed by atoms with Gasteiger partial charge in [-0.1, -0.05) is 26.8 Å². The lowest BCUT2D eigenvalue weighted by atomic mass is 9.43. The lowest BCUT2D eigenvalue weighted by Crippen LogP contribution is -2.63. The van der Waals surface area contributed by atoms with Crippen LogP contribution in [-0.2, 0) is 28.6 Å². The number of carbonyl (C=O) groups is 3. The van der Waals surface area contributed by atoms with Crippen molar-refractivity contribution in [1.82, 2.24) is 0 Å². The van der Waals surface area contributed by atoms with Crippen LogP contribution < -0.4 is 0 Å². The minimum atomic E-state index is -0.236. The maximum absolute atomic E-state index is 12.3. The van der Waals surface area contributed by atoms with Crippen LogP contribution >= 0.6 is 0 Å². The molecule has 6 heteroatoms. The van der Waals surface area contributed by atoms with Crippen molar-refractivity contribution in [2.24, 2.45) is 46.3 Å². The molecule has 35 heavy (non-hydrogen) atoms. The average Bonchev–Trinajstić information content (AvgIpc) is 3.12. The van der Waals surface area contributed by atoms with Crippen LogP contribution in [0.15, 0.2) is 12.7 Å². The van der Waals surface area contributed by atoms with Crippen molar-refractivity contribution in [3.05, 3.63) is 12.7 Å². The third kappa shape index (κ3) is 4.44. The van der Waals surface area contributed by atoms with Gasteiger partial charge < -0.3 is 14.2 Å². The van der Waals surface area contributed by atoms with Crippen LogP contribution in [-0.4, -0.2) is 36.2 Å². The first-order valence-electron chi connectivity index (χ1n) is 13.6. The van der Waals surface area contributed by atoms with Crippen molar-refractivity contribution >= 4 is 17.9 Å². The van der Waals surface area contributed by atoms with Gasteiger partial charge in [0.2, 0.25) is 0 Å². The quantitative estimate of drug-likeness (QED) is 0.290. The maximum Gasteiger partial charge on any atom is 0.302 e. The molecule has 0 N–H and O–H groups in total. The molecular formula is C29H44O6. The van der Waals surface area contributed by atoms with Crippen molar-refractivity contribution in [3.63, 3.8) is 0 Å². The summed E-state index contributed by atoms with van der Waals surface area (Å²) >= 11 is 0. The van der Waals surface area contributed by atoms with Crippen molar-refractivity contribution in [3.8, 4) is 0 Å². The largest absolute Gasteiger partial charge is 0.463 e. The Balaban J connectivity index is 1.75. The average molecular weight is 489 g/mol. The van der Waals surface area contributed by atoms with E-state index in [1.54, 1.807) is 0 Å². The van der Waals surface area contributed by atoms with Gasteiger partial charge in [0.05, 0.1) is 0 Å². The van der Waals surface area contributed by atoms with E-state index < -0.39 is 0 Å². The van der Waals surface area contributed by atoms with E-state index in [-0.39, 0.29) is 64.8 Å². The fourth-order valence-corrected chi connectivity index (χ4v) is 9.21. The minimum absolute atomic E-state index is 0.0276. The van der Waals surface area contributed by atoms with E-state index >= 15 is 0 Å². The van der Waals surface area contributed by atoms with Crippen LogP contribution in [0.4, 0.5) is 0 Å². The second-order valence-electron chi connectivity index (χ2n) is 12.4. The Morgan fingerprint density at radius 3 is 2.14 bits per heavy atom. The number of ether oxygens (including phenoxy) is 3. The Bertz CT molecular complexity index is 867. The molecule has 4 aliphatic rings. The van der Waals surface area contributed by atoms with Gasteiger partial charge in [-0.2, -0.15) is 0 Å². The molecule has 0 amide bonds. The molecule has 4 aliphatic carbocycles. The first-order chi connectivity index (χ1) is 16.4. The molecule has 0 radical (unpaired) electrons. The zero-order valence-corrected chi connectivity index (χ0v) is 22.4. The van der Waals surface area contributed by atoms with Crippen molar-refractivity contribution in [2.45, 2.75) is 105 Å². The van der Waals surface area contributed by atoms with Crippen LogP contribution in [0.25, 0.3) is 0 Å². The zero-order chi connectivity index (χ0) is 25.7. The van der Waals surface area contributed by atoms with Gasteiger partial charge >= 0.3 is 17.9 Å². The number of esters is 3. The molecule has 11 atom stereocenters. The van der Waals surface area contributed by atoms with E-state index in [1.807, 2.05) is 6.08 Å². The molecule has 0 aromatic heterocycles. The van der Waals surface area contributed by atoms with Crippen LogP contribution in [0.5, 0.6) is 0 Å². The highest BCUT2D eigenvalue weighted by Gasteiger charge is 2.67. The van der Waals surface area contributed by atoms with E-state index in [4.69, 9.17) is 14.2 Å². The minimum Gasteiger partial charge on any atom is -0.463 e.